The quantitative estimate of drug-likeness (QED) is 0.754. The van der Waals surface area contributed by atoms with Gasteiger partial charge < -0.3 is 14.8 Å². The predicted octanol–water partition coefficient (Wildman–Crippen LogP) is 1.47. The lowest BCUT2D eigenvalue weighted by Crippen LogP contribution is -2.50. The Morgan fingerprint density at radius 1 is 1.45 bits per heavy atom. The summed E-state index contributed by atoms with van der Waals surface area (Å²) in [7, 11) is 0. The lowest BCUT2D eigenvalue weighted by Gasteiger charge is -2.31. The smallest absolute Gasteiger partial charge is 0.317 e. The van der Waals surface area contributed by atoms with Crippen molar-refractivity contribution in [3.05, 3.63) is 24.2 Å². The number of carboxylic acids is 1. The molecule has 1 rings (SSSR count). The number of rotatable bonds is 8. The van der Waals surface area contributed by atoms with Crippen LogP contribution in [0.5, 0.6) is 0 Å². The van der Waals surface area contributed by atoms with Crippen molar-refractivity contribution in [1.29, 1.82) is 0 Å². The highest BCUT2D eigenvalue weighted by Gasteiger charge is 2.26. The fourth-order valence-corrected chi connectivity index (χ4v) is 1.95. The average Bonchev–Trinajstić information content (AvgIpc) is 2.93. The number of hydrogen-bond acceptors (Lipinski definition) is 4. The zero-order valence-corrected chi connectivity index (χ0v) is 12.1. The van der Waals surface area contributed by atoms with Crippen molar-refractivity contribution in [3.63, 3.8) is 0 Å². The van der Waals surface area contributed by atoms with Crippen LogP contribution in [-0.2, 0) is 16.1 Å². The Hall–Kier alpha value is -1.82. The molecule has 0 aromatic carbocycles. The van der Waals surface area contributed by atoms with Crippen molar-refractivity contribution in [1.82, 2.24) is 10.2 Å². The maximum absolute atomic E-state index is 12.1. The lowest BCUT2D eigenvalue weighted by atomic mass is 10.1. The average molecular weight is 282 g/mol. The summed E-state index contributed by atoms with van der Waals surface area (Å²) in [6.45, 7) is 5.75. The topological polar surface area (TPSA) is 82.8 Å². The van der Waals surface area contributed by atoms with Crippen molar-refractivity contribution in [2.24, 2.45) is 0 Å². The number of nitrogens with one attached hydrogen (secondary N) is 1. The van der Waals surface area contributed by atoms with E-state index in [1.807, 2.05) is 13.8 Å². The molecule has 1 aromatic heterocycles. The maximum Gasteiger partial charge on any atom is 0.317 e. The molecule has 1 aromatic rings. The van der Waals surface area contributed by atoms with Crippen LogP contribution in [0.4, 0.5) is 0 Å². The van der Waals surface area contributed by atoms with E-state index in [4.69, 9.17) is 9.52 Å². The van der Waals surface area contributed by atoms with Crippen LogP contribution in [0.3, 0.4) is 0 Å². The number of amides is 1. The number of nitrogens with zero attached hydrogens (tertiary/aromatic N) is 1. The second-order valence-electron chi connectivity index (χ2n) is 4.80. The van der Waals surface area contributed by atoms with Gasteiger partial charge in [0.05, 0.1) is 25.4 Å². The molecular weight excluding hydrogens is 260 g/mol. The van der Waals surface area contributed by atoms with Crippen LogP contribution in [0.25, 0.3) is 0 Å². The van der Waals surface area contributed by atoms with Gasteiger partial charge in [0.2, 0.25) is 5.91 Å². The fraction of sp³-hybridized carbons (Fsp3) is 0.571. The van der Waals surface area contributed by atoms with E-state index in [1.54, 1.807) is 30.2 Å². The Bertz CT molecular complexity index is 430. The molecule has 0 saturated carbocycles. The molecule has 0 saturated heterocycles. The molecule has 0 aliphatic heterocycles. The first-order valence-corrected chi connectivity index (χ1v) is 6.73. The predicted molar refractivity (Wildman–Crippen MR) is 74.1 cm³/mol. The Kier molecular flexibility index (Phi) is 6.24. The molecule has 1 heterocycles. The Morgan fingerprint density at radius 2 is 2.15 bits per heavy atom. The van der Waals surface area contributed by atoms with Crippen molar-refractivity contribution < 1.29 is 19.1 Å². The van der Waals surface area contributed by atoms with E-state index in [9.17, 15) is 9.59 Å². The lowest BCUT2D eigenvalue weighted by molar-refractivity contribution is -0.140. The van der Waals surface area contributed by atoms with Crippen LogP contribution in [0.2, 0.25) is 0 Å². The molecule has 2 unspecified atom stereocenters. The Morgan fingerprint density at radius 3 is 2.65 bits per heavy atom. The van der Waals surface area contributed by atoms with Crippen LogP contribution < -0.4 is 5.32 Å². The monoisotopic (exact) mass is 282 g/mol. The van der Waals surface area contributed by atoms with Crippen LogP contribution >= 0.6 is 0 Å². The van der Waals surface area contributed by atoms with Crippen LogP contribution in [-0.4, -0.2) is 40.5 Å². The standard InChI is InChI=1S/C14H22N2O4/c1-4-10(2)16(9-13(17)18)11(3)14(19)15-8-12-6-5-7-20-12/h5-7,10-11H,4,8-9H2,1-3H3,(H,15,19)(H,17,18). The van der Waals surface area contributed by atoms with E-state index in [2.05, 4.69) is 5.32 Å². The number of carboxylic acid groups (broad SMARTS) is 1. The molecule has 20 heavy (non-hydrogen) atoms. The second kappa shape index (κ2) is 7.69. The zero-order chi connectivity index (χ0) is 15.1. The third kappa shape index (κ3) is 4.70. The number of carbonyl (C=O) groups is 2. The first-order valence-electron chi connectivity index (χ1n) is 6.73. The minimum absolute atomic E-state index is 0.0236. The zero-order valence-electron chi connectivity index (χ0n) is 12.1. The Balaban J connectivity index is 2.60. The summed E-state index contributed by atoms with van der Waals surface area (Å²) in [5.74, 6) is -0.474. The molecule has 0 aliphatic rings. The number of carbonyl (C=O) groups excluding carboxylic acids is 1. The number of aliphatic carboxylic acids is 1. The molecule has 1 amide bonds. The van der Waals surface area contributed by atoms with Gasteiger partial charge in [0, 0.05) is 6.04 Å². The van der Waals surface area contributed by atoms with E-state index < -0.39 is 12.0 Å². The minimum atomic E-state index is -0.934. The van der Waals surface area contributed by atoms with E-state index in [1.165, 1.54) is 0 Å². The van der Waals surface area contributed by atoms with Gasteiger partial charge in [-0.05, 0) is 32.4 Å². The van der Waals surface area contributed by atoms with E-state index in [-0.39, 0.29) is 18.5 Å². The fourth-order valence-electron chi connectivity index (χ4n) is 1.95. The molecule has 2 atom stereocenters. The second-order valence-corrected chi connectivity index (χ2v) is 4.80. The van der Waals surface area contributed by atoms with Crippen molar-refractivity contribution in [2.75, 3.05) is 6.54 Å². The molecule has 0 aliphatic carbocycles. The normalized spacial score (nSPS) is 14.0. The third-order valence-electron chi connectivity index (χ3n) is 3.37. The van der Waals surface area contributed by atoms with Gasteiger partial charge in [-0.1, -0.05) is 6.92 Å². The van der Waals surface area contributed by atoms with E-state index >= 15 is 0 Å². The first-order chi connectivity index (χ1) is 9.45. The summed E-state index contributed by atoms with van der Waals surface area (Å²) in [5.41, 5.74) is 0. The van der Waals surface area contributed by atoms with Crippen LogP contribution in [0, 0.1) is 0 Å². The summed E-state index contributed by atoms with van der Waals surface area (Å²) in [6, 6.07) is 3.04. The summed E-state index contributed by atoms with van der Waals surface area (Å²) in [6.07, 6.45) is 2.32. The molecule has 0 bridgehead atoms. The summed E-state index contributed by atoms with van der Waals surface area (Å²) >= 11 is 0. The number of hydrogen-bond donors (Lipinski definition) is 2. The van der Waals surface area contributed by atoms with Crippen molar-refractivity contribution >= 4 is 11.9 Å². The third-order valence-corrected chi connectivity index (χ3v) is 3.37. The van der Waals surface area contributed by atoms with Gasteiger partial charge in [-0.2, -0.15) is 0 Å². The van der Waals surface area contributed by atoms with E-state index in [0.29, 0.717) is 12.3 Å². The van der Waals surface area contributed by atoms with Gasteiger partial charge >= 0.3 is 5.97 Å². The maximum atomic E-state index is 12.1. The first kappa shape index (κ1) is 16.2. The van der Waals surface area contributed by atoms with Crippen molar-refractivity contribution in [2.45, 2.75) is 45.8 Å². The molecule has 112 valence electrons. The van der Waals surface area contributed by atoms with Gasteiger partial charge in [0.25, 0.3) is 0 Å². The molecular formula is C14H22N2O4. The highest BCUT2D eigenvalue weighted by atomic mass is 16.4. The number of furan rings is 1. The van der Waals surface area contributed by atoms with Gasteiger partial charge in [-0.15, -0.1) is 0 Å². The van der Waals surface area contributed by atoms with Gasteiger partial charge in [0.1, 0.15) is 5.76 Å². The molecule has 2 N–H and O–H groups in total. The Labute approximate surface area is 118 Å². The molecule has 6 heteroatoms. The summed E-state index contributed by atoms with van der Waals surface area (Å²) in [5, 5.41) is 11.7. The van der Waals surface area contributed by atoms with Gasteiger partial charge in [-0.3, -0.25) is 14.5 Å². The minimum Gasteiger partial charge on any atom is -0.480 e. The largest absolute Gasteiger partial charge is 0.480 e. The highest BCUT2D eigenvalue weighted by Crippen LogP contribution is 2.09. The molecule has 6 nitrogen and oxygen atoms in total. The SMILES string of the molecule is CCC(C)N(CC(=O)O)C(C)C(=O)NCc1ccco1. The molecule has 0 fully saturated rings. The van der Waals surface area contributed by atoms with E-state index in [0.717, 1.165) is 6.42 Å². The van der Waals surface area contributed by atoms with Crippen LogP contribution in [0.1, 0.15) is 33.0 Å². The summed E-state index contributed by atoms with van der Waals surface area (Å²) in [4.78, 5) is 24.7. The molecule has 0 radical (unpaired) electrons. The summed E-state index contributed by atoms with van der Waals surface area (Å²) < 4.78 is 5.13. The van der Waals surface area contributed by atoms with Gasteiger partial charge in [-0.25, -0.2) is 0 Å². The van der Waals surface area contributed by atoms with Crippen LogP contribution in [0.15, 0.2) is 22.8 Å². The van der Waals surface area contributed by atoms with Gasteiger partial charge in [0.15, 0.2) is 0 Å². The highest BCUT2D eigenvalue weighted by molar-refractivity contribution is 5.82. The molecule has 0 spiro atoms. The van der Waals surface area contributed by atoms with Crippen molar-refractivity contribution in [3.8, 4) is 0 Å².